The minimum absolute atomic E-state index is 0.267. The highest BCUT2D eigenvalue weighted by Gasteiger charge is 2.28. The Morgan fingerprint density at radius 3 is 2.08 bits per heavy atom. The molecular formula is C9H14F3. The molecule has 0 bridgehead atoms. The smallest absolute Gasteiger partial charge is 0.171 e. The molecular weight excluding hydrogens is 165 g/mol. The lowest BCUT2D eigenvalue weighted by atomic mass is 9.86. The van der Waals surface area contributed by atoms with E-state index in [0.29, 0.717) is 0 Å². The van der Waals surface area contributed by atoms with Crippen molar-refractivity contribution in [1.82, 2.24) is 0 Å². The Bertz CT molecular complexity index is 122. The van der Waals surface area contributed by atoms with E-state index in [4.69, 9.17) is 0 Å². The van der Waals surface area contributed by atoms with E-state index in [1.165, 1.54) is 6.42 Å². The summed E-state index contributed by atoms with van der Waals surface area (Å²) in [6.07, 6.45) is 0.901. The summed E-state index contributed by atoms with van der Waals surface area (Å²) >= 11 is 0. The fraction of sp³-hybridized carbons (Fsp3) is 0.889. The largest absolute Gasteiger partial charge is 0.389 e. The molecule has 0 aromatic rings. The first kappa shape index (κ1) is 9.87. The van der Waals surface area contributed by atoms with Crippen molar-refractivity contribution in [3.8, 4) is 0 Å². The third-order valence-electron chi connectivity index (χ3n) is 2.32. The second kappa shape index (κ2) is 4.15. The molecule has 1 rings (SSSR count). The zero-order valence-electron chi connectivity index (χ0n) is 7.08. The van der Waals surface area contributed by atoms with Gasteiger partial charge in [-0.25, -0.2) is 0 Å². The van der Waals surface area contributed by atoms with Crippen molar-refractivity contribution >= 4 is 0 Å². The second-order valence-electron chi connectivity index (χ2n) is 3.43. The highest BCUT2D eigenvalue weighted by Crippen LogP contribution is 2.33. The van der Waals surface area contributed by atoms with Crippen LogP contribution < -0.4 is 0 Å². The van der Waals surface area contributed by atoms with E-state index < -0.39 is 12.6 Å². The summed E-state index contributed by atoms with van der Waals surface area (Å²) in [5, 5.41) is 0. The zero-order valence-corrected chi connectivity index (χ0v) is 7.08. The lowest BCUT2D eigenvalue weighted by Crippen LogP contribution is -2.11. The molecule has 1 aliphatic carbocycles. The average Bonchev–Trinajstić information content (AvgIpc) is 2.02. The van der Waals surface area contributed by atoms with Crippen molar-refractivity contribution in [3.63, 3.8) is 0 Å². The van der Waals surface area contributed by atoms with Crippen LogP contribution in [0, 0.1) is 5.92 Å². The van der Waals surface area contributed by atoms with E-state index in [1.54, 1.807) is 0 Å². The molecule has 0 nitrogen and oxygen atoms in total. The van der Waals surface area contributed by atoms with E-state index in [0.717, 1.165) is 31.6 Å². The molecule has 1 saturated carbocycles. The fourth-order valence-corrected chi connectivity index (χ4v) is 1.62. The standard InChI is InChI=1S/C9H14F3/c10-9(11,12)7-6-8-4-2-1-3-5-8/h1-7H2. The van der Waals surface area contributed by atoms with Crippen LogP contribution in [0.3, 0.4) is 0 Å². The second-order valence-corrected chi connectivity index (χ2v) is 3.43. The van der Waals surface area contributed by atoms with Crippen LogP contribution >= 0.6 is 0 Å². The van der Waals surface area contributed by atoms with Gasteiger partial charge in [0.1, 0.15) is 0 Å². The van der Waals surface area contributed by atoms with Gasteiger partial charge in [-0.2, -0.15) is 13.2 Å². The topological polar surface area (TPSA) is 0 Å². The molecule has 1 radical (unpaired) electrons. The summed E-state index contributed by atoms with van der Waals surface area (Å²) in [5.74, 6) is 1.12. The monoisotopic (exact) mass is 179 g/mol. The Morgan fingerprint density at radius 2 is 1.58 bits per heavy atom. The third-order valence-corrected chi connectivity index (χ3v) is 2.32. The summed E-state index contributed by atoms with van der Waals surface area (Å²) < 4.78 is 35.4. The summed E-state index contributed by atoms with van der Waals surface area (Å²) in [4.78, 5) is 0. The predicted molar refractivity (Wildman–Crippen MR) is 41.6 cm³/mol. The van der Waals surface area contributed by atoms with Gasteiger partial charge in [0.25, 0.3) is 0 Å². The molecule has 0 spiro atoms. The van der Waals surface area contributed by atoms with Crippen molar-refractivity contribution in [2.45, 2.75) is 51.1 Å². The Morgan fingerprint density at radius 1 is 1.00 bits per heavy atom. The number of halogens is 3. The maximum atomic E-state index is 11.8. The molecule has 1 fully saturated rings. The number of hydrogen-bond acceptors (Lipinski definition) is 0. The van der Waals surface area contributed by atoms with Crippen LogP contribution in [-0.2, 0) is 0 Å². The van der Waals surface area contributed by atoms with Crippen LogP contribution in [-0.4, -0.2) is 6.18 Å². The van der Waals surface area contributed by atoms with Gasteiger partial charge in [0, 0.05) is 6.42 Å². The highest BCUT2D eigenvalue weighted by atomic mass is 19.4. The average molecular weight is 179 g/mol. The number of hydrogen-bond donors (Lipinski definition) is 0. The van der Waals surface area contributed by atoms with Gasteiger partial charge in [-0.3, -0.25) is 0 Å². The first-order valence-corrected chi connectivity index (χ1v) is 4.48. The quantitative estimate of drug-likeness (QED) is 0.603. The molecule has 0 aliphatic heterocycles. The predicted octanol–water partition coefficient (Wildman–Crippen LogP) is 3.87. The van der Waals surface area contributed by atoms with Gasteiger partial charge < -0.3 is 0 Å². The van der Waals surface area contributed by atoms with E-state index in [9.17, 15) is 13.2 Å². The SMILES string of the molecule is FC(F)(F)CC[C]1CCCCC1. The van der Waals surface area contributed by atoms with Crippen LogP contribution in [0.25, 0.3) is 0 Å². The molecule has 71 valence electrons. The molecule has 3 heteroatoms. The Hall–Kier alpha value is -0.210. The minimum Gasteiger partial charge on any atom is -0.171 e. The number of rotatable bonds is 2. The molecule has 0 saturated heterocycles. The normalized spacial score (nSPS) is 21.2. The van der Waals surface area contributed by atoms with Crippen LogP contribution in [0.1, 0.15) is 44.9 Å². The van der Waals surface area contributed by atoms with Crippen molar-refractivity contribution < 1.29 is 13.2 Å². The summed E-state index contributed by atoms with van der Waals surface area (Å²) in [6.45, 7) is 0. The van der Waals surface area contributed by atoms with Gasteiger partial charge in [-0.15, -0.1) is 0 Å². The van der Waals surface area contributed by atoms with Gasteiger partial charge in [-0.1, -0.05) is 19.3 Å². The van der Waals surface area contributed by atoms with Crippen molar-refractivity contribution in [2.75, 3.05) is 0 Å². The molecule has 0 heterocycles. The van der Waals surface area contributed by atoms with Crippen LogP contribution in [0.15, 0.2) is 0 Å². The van der Waals surface area contributed by atoms with E-state index >= 15 is 0 Å². The number of alkyl halides is 3. The van der Waals surface area contributed by atoms with Gasteiger partial charge in [0.05, 0.1) is 0 Å². The summed E-state index contributed by atoms with van der Waals surface area (Å²) in [7, 11) is 0. The van der Waals surface area contributed by atoms with Gasteiger partial charge >= 0.3 is 6.18 Å². The lowest BCUT2D eigenvalue weighted by Gasteiger charge is -2.21. The minimum atomic E-state index is -3.97. The van der Waals surface area contributed by atoms with Crippen LogP contribution in [0.5, 0.6) is 0 Å². The first-order valence-electron chi connectivity index (χ1n) is 4.48. The molecule has 0 unspecified atom stereocenters. The zero-order chi connectivity index (χ0) is 9.03. The summed E-state index contributed by atoms with van der Waals surface area (Å²) in [6, 6.07) is 0. The molecule has 0 atom stereocenters. The summed E-state index contributed by atoms with van der Waals surface area (Å²) in [5.41, 5.74) is 0. The van der Waals surface area contributed by atoms with Crippen molar-refractivity contribution in [3.05, 3.63) is 5.92 Å². The van der Waals surface area contributed by atoms with Crippen LogP contribution in [0.2, 0.25) is 0 Å². The van der Waals surface area contributed by atoms with E-state index in [-0.39, 0.29) is 6.42 Å². The molecule has 0 N–H and O–H groups in total. The molecule has 0 aromatic carbocycles. The maximum Gasteiger partial charge on any atom is 0.389 e. The maximum absolute atomic E-state index is 11.8. The molecule has 0 aromatic heterocycles. The Kier molecular flexibility index (Phi) is 3.41. The third kappa shape index (κ3) is 3.98. The Balaban J connectivity index is 2.13. The Labute approximate surface area is 71.1 Å². The highest BCUT2D eigenvalue weighted by molar-refractivity contribution is 4.92. The van der Waals surface area contributed by atoms with Gasteiger partial charge in [0.15, 0.2) is 0 Å². The van der Waals surface area contributed by atoms with Crippen molar-refractivity contribution in [1.29, 1.82) is 0 Å². The lowest BCUT2D eigenvalue weighted by molar-refractivity contribution is -0.135. The van der Waals surface area contributed by atoms with Gasteiger partial charge in [0.2, 0.25) is 0 Å². The van der Waals surface area contributed by atoms with E-state index in [2.05, 4.69) is 0 Å². The van der Waals surface area contributed by atoms with Crippen LogP contribution in [0.4, 0.5) is 13.2 Å². The molecule has 1 aliphatic rings. The molecule has 12 heavy (non-hydrogen) atoms. The molecule has 0 amide bonds. The first-order chi connectivity index (χ1) is 5.58. The van der Waals surface area contributed by atoms with Gasteiger partial charge in [-0.05, 0) is 25.2 Å². The fourth-order valence-electron chi connectivity index (χ4n) is 1.62. The van der Waals surface area contributed by atoms with E-state index in [1.807, 2.05) is 0 Å². The van der Waals surface area contributed by atoms with Crippen molar-refractivity contribution in [2.24, 2.45) is 0 Å².